The van der Waals surface area contributed by atoms with Crippen LogP contribution in [0.4, 0.5) is 10.5 Å². The molecule has 1 aliphatic carbocycles. The molecule has 1 heterocycles. The van der Waals surface area contributed by atoms with Crippen LogP contribution >= 0.6 is 0 Å². The Morgan fingerprint density at radius 3 is 2.15 bits per heavy atom. The van der Waals surface area contributed by atoms with Crippen molar-refractivity contribution in [2.24, 2.45) is 0 Å². The van der Waals surface area contributed by atoms with Crippen LogP contribution in [0.2, 0.25) is 0 Å². The zero-order valence-corrected chi connectivity index (χ0v) is 18.1. The van der Waals surface area contributed by atoms with E-state index in [0.717, 1.165) is 24.2 Å². The Balaban J connectivity index is 0.000000458. The van der Waals surface area contributed by atoms with Crippen LogP contribution in [-0.4, -0.2) is 36.8 Å². The summed E-state index contributed by atoms with van der Waals surface area (Å²) in [7, 11) is 4.01. The maximum Gasteiger partial charge on any atom is 0.407 e. The van der Waals surface area contributed by atoms with E-state index in [1.54, 1.807) is 0 Å². The van der Waals surface area contributed by atoms with Crippen molar-refractivity contribution in [2.45, 2.75) is 85.3 Å². The number of aromatic nitrogens is 1. The average Bonchev–Trinajstić information content (AvgIpc) is 2.57. The van der Waals surface area contributed by atoms with Crippen LogP contribution in [0.15, 0.2) is 18.3 Å². The number of nitrogens with zero attached hydrogens (tertiary/aromatic N) is 2. The minimum absolute atomic E-state index is 0.274. The highest BCUT2D eigenvalue weighted by Gasteiger charge is 2.20. The Bertz CT molecular complexity index is 487. The minimum Gasteiger partial charge on any atom is -0.444 e. The lowest BCUT2D eigenvalue weighted by molar-refractivity contribution is 0.0493. The Morgan fingerprint density at radius 1 is 1.15 bits per heavy atom. The Labute approximate surface area is 160 Å². The summed E-state index contributed by atoms with van der Waals surface area (Å²) in [6.45, 7) is 11.6. The van der Waals surface area contributed by atoms with E-state index < -0.39 is 5.60 Å². The molecule has 0 bridgehead atoms. The molecule has 0 aliphatic heterocycles. The van der Waals surface area contributed by atoms with Gasteiger partial charge in [-0.2, -0.15) is 0 Å². The van der Waals surface area contributed by atoms with Crippen LogP contribution in [0.5, 0.6) is 0 Å². The summed E-state index contributed by atoms with van der Waals surface area (Å²) in [4.78, 5) is 17.6. The summed E-state index contributed by atoms with van der Waals surface area (Å²) in [6.07, 6.45) is 7.53. The first-order chi connectivity index (χ1) is 12.2. The van der Waals surface area contributed by atoms with Gasteiger partial charge in [-0.25, -0.2) is 4.79 Å². The third kappa shape index (κ3) is 11.7. The third-order valence-corrected chi connectivity index (χ3v) is 3.74. The fourth-order valence-corrected chi connectivity index (χ4v) is 2.45. The standard InChI is InChI=1S/C11H21NO2.C8H12N2.C2H6/c1-11(2,3)14-10(13)12-9-7-5-4-6-8-9;1-7-4-5-8(6-9-7)10(2)3;1-2/h9H,4-8H2,1-3H3,(H,12,13);4-6H,1-3H3;1-2H3. The summed E-state index contributed by atoms with van der Waals surface area (Å²) < 4.78 is 5.19. The first-order valence-corrected chi connectivity index (χ1v) is 9.77. The number of carbonyl (C=O) groups excluding carboxylic acids is 1. The van der Waals surface area contributed by atoms with Gasteiger partial charge >= 0.3 is 6.09 Å². The fraction of sp³-hybridized carbons (Fsp3) is 0.714. The molecule has 5 heteroatoms. The highest BCUT2D eigenvalue weighted by atomic mass is 16.6. The number of rotatable bonds is 2. The van der Waals surface area contributed by atoms with Crippen LogP contribution < -0.4 is 10.2 Å². The first kappa shape index (κ1) is 24.2. The predicted octanol–water partition coefficient (Wildman–Crippen LogP) is 5.33. The molecule has 0 atom stereocenters. The molecule has 150 valence electrons. The second kappa shape index (κ2) is 12.6. The number of alkyl carbamates (subject to hydrolysis) is 1. The van der Waals surface area contributed by atoms with Crippen molar-refractivity contribution in [3.8, 4) is 0 Å². The van der Waals surface area contributed by atoms with E-state index in [-0.39, 0.29) is 6.09 Å². The molecule has 1 aromatic heterocycles. The van der Waals surface area contributed by atoms with Crippen LogP contribution in [0.1, 0.15) is 72.4 Å². The van der Waals surface area contributed by atoms with Gasteiger partial charge in [0.25, 0.3) is 0 Å². The van der Waals surface area contributed by atoms with E-state index in [1.807, 2.05) is 72.8 Å². The lowest BCUT2D eigenvalue weighted by atomic mass is 9.96. The lowest BCUT2D eigenvalue weighted by Crippen LogP contribution is -2.39. The van der Waals surface area contributed by atoms with Gasteiger partial charge in [0, 0.05) is 25.8 Å². The van der Waals surface area contributed by atoms with E-state index in [9.17, 15) is 4.79 Å². The van der Waals surface area contributed by atoms with Gasteiger partial charge in [-0.05, 0) is 52.7 Å². The van der Waals surface area contributed by atoms with Gasteiger partial charge in [0.2, 0.25) is 0 Å². The van der Waals surface area contributed by atoms with E-state index in [0.29, 0.717) is 6.04 Å². The third-order valence-electron chi connectivity index (χ3n) is 3.74. The number of hydrogen-bond acceptors (Lipinski definition) is 4. The Morgan fingerprint density at radius 2 is 1.73 bits per heavy atom. The van der Waals surface area contributed by atoms with E-state index in [2.05, 4.69) is 16.4 Å². The molecule has 1 amide bonds. The van der Waals surface area contributed by atoms with E-state index in [4.69, 9.17) is 4.74 Å². The zero-order chi connectivity index (χ0) is 20.2. The first-order valence-electron chi connectivity index (χ1n) is 9.77. The summed E-state index contributed by atoms with van der Waals surface area (Å²) in [5.41, 5.74) is 1.81. The molecule has 1 aromatic rings. The zero-order valence-electron chi connectivity index (χ0n) is 18.1. The monoisotopic (exact) mass is 365 g/mol. The van der Waals surface area contributed by atoms with Crippen molar-refractivity contribution >= 4 is 11.8 Å². The quantitative estimate of drug-likeness (QED) is 0.770. The van der Waals surface area contributed by atoms with Crippen molar-refractivity contribution in [1.82, 2.24) is 10.3 Å². The van der Waals surface area contributed by atoms with Gasteiger partial charge in [0.15, 0.2) is 0 Å². The maximum absolute atomic E-state index is 11.4. The molecule has 1 N–H and O–H groups in total. The van der Waals surface area contributed by atoms with E-state index >= 15 is 0 Å². The predicted molar refractivity (Wildman–Crippen MR) is 111 cm³/mol. The largest absolute Gasteiger partial charge is 0.444 e. The Kier molecular flexibility index (Phi) is 11.7. The normalized spacial score (nSPS) is 14.2. The number of pyridine rings is 1. The van der Waals surface area contributed by atoms with Crippen molar-refractivity contribution < 1.29 is 9.53 Å². The molecular formula is C21H39N3O2. The number of nitrogens with one attached hydrogen (secondary N) is 1. The Hall–Kier alpha value is -1.78. The molecule has 0 saturated heterocycles. The summed E-state index contributed by atoms with van der Waals surface area (Å²) in [5.74, 6) is 0. The van der Waals surface area contributed by atoms with Gasteiger partial charge in [-0.1, -0.05) is 33.1 Å². The molecule has 0 spiro atoms. The second-order valence-corrected chi connectivity index (χ2v) is 7.53. The average molecular weight is 366 g/mol. The van der Waals surface area contributed by atoms with Crippen LogP contribution in [0.25, 0.3) is 0 Å². The molecular weight excluding hydrogens is 326 g/mol. The minimum atomic E-state index is -0.390. The molecule has 0 unspecified atom stereocenters. The highest BCUT2D eigenvalue weighted by molar-refractivity contribution is 5.68. The molecule has 1 fully saturated rings. The number of ether oxygens (including phenoxy) is 1. The van der Waals surface area contributed by atoms with Crippen LogP contribution in [0.3, 0.4) is 0 Å². The molecule has 1 aliphatic rings. The number of amides is 1. The van der Waals surface area contributed by atoms with Crippen LogP contribution in [-0.2, 0) is 4.74 Å². The van der Waals surface area contributed by atoms with Gasteiger partial charge in [-0.15, -0.1) is 0 Å². The van der Waals surface area contributed by atoms with Gasteiger partial charge in [-0.3, -0.25) is 4.98 Å². The molecule has 26 heavy (non-hydrogen) atoms. The van der Waals surface area contributed by atoms with Crippen LogP contribution in [0, 0.1) is 6.92 Å². The van der Waals surface area contributed by atoms with Crippen molar-refractivity contribution in [3.63, 3.8) is 0 Å². The summed E-state index contributed by atoms with van der Waals surface area (Å²) in [5, 5.41) is 2.91. The lowest BCUT2D eigenvalue weighted by Gasteiger charge is -2.25. The van der Waals surface area contributed by atoms with Crippen molar-refractivity contribution in [1.29, 1.82) is 0 Å². The van der Waals surface area contributed by atoms with Gasteiger partial charge in [0.05, 0.1) is 11.9 Å². The molecule has 2 rings (SSSR count). The molecule has 0 aromatic carbocycles. The molecule has 1 saturated carbocycles. The molecule has 0 radical (unpaired) electrons. The van der Waals surface area contributed by atoms with Gasteiger partial charge in [0.1, 0.15) is 5.60 Å². The van der Waals surface area contributed by atoms with Gasteiger partial charge < -0.3 is 15.0 Å². The summed E-state index contributed by atoms with van der Waals surface area (Å²) in [6, 6.07) is 4.40. The topological polar surface area (TPSA) is 54.5 Å². The maximum atomic E-state index is 11.4. The van der Waals surface area contributed by atoms with Crippen molar-refractivity contribution in [2.75, 3.05) is 19.0 Å². The number of carbonyl (C=O) groups is 1. The summed E-state index contributed by atoms with van der Waals surface area (Å²) >= 11 is 0. The highest BCUT2D eigenvalue weighted by Crippen LogP contribution is 2.18. The smallest absolute Gasteiger partial charge is 0.407 e. The van der Waals surface area contributed by atoms with Crippen molar-refractivity contribution in [3.05, 3.63) is 24.0 Å². The fourth-order valence-electron chi connectivity index (χ4n) is 2.45. The molecule has 5 nitrogen and oxygen atoms in total. The number of hydrogen-bond donors (Lipinski definition) is 1. The number of anilines is 1. The SMILES string of the molecule is CC.CC(C)(C)OC(=O)NC1CCCCC1.Cc1ccc(N(C)C)cn1. The second-order valence-electron chi connectivity index (χ2n) is 7.53. The number of aryl methyl sites for hydroxylation is 1. The van der Waals surface area contributed by atoms with E-state index in [1.165, 1.54) is 19.3 Å².